The van der Waals surface area contributed by atoms with Gasteiger partial charge in [0.1, 0.15) is 0 Å². The lowest BCUT2D eigenvalue weighted by molar-refractivity contribution is 0.0520. The van der Waals surface area contributed by atoms with Crippen LogP contribution in [-0.2, 0) is 11.2 Å². The molecule has 0 saturated carbocycles. The second-order valence-electron chi connectivity index (χ2n) is 2.67. The molecule has 5 heteroatoms. The summed E-state index contributed by atoms with van der Waals surface area (Å²) in [5.74, 6) is -0.376. The Morgan fingerprint density at radius 3 is 3.14 bits per heavy atom. The number of ether oxygens (including phenoxy) is 1. The van der Waals surface area contributed by atoms with Gasteiger partial charge in [-0.15, -0.1) is 11.3 Å². The number of rotatable bonds is 5. The van der Waals surface area contributed by atoms with E-state index in [4.69, 9.17) is 9.84 Å². The van der Waals surface area contributed by atoms with E-state index < -0.39 is 0 Å². The number of carbonyl (C=O) groups is 1. The predicted molar refractivity (Wildman–Crippen MR) is 53.5 cm³/mol. The first-order valence-corrected chi connectivity index (χ1v) is 5.38. The van der Waals surface area contributed by atoms with Gasteiger partial charge in [0, 0.05) is 18.4 Å². The zero-order chi connectivity index (χ0) is 10.4. The third kappa shape index (κ3) is 3.08. The largest absolute Gasteiger partial charge is 0.461 e. The molecular formula is C9H13NO3S. The van der Waals surface area contributed by atoms with E-state index in [0.717, 1.165) is 5.01 Å². The summed E-state index contributed by atoms with van der Waals surface area (Å²) < 4.78 is 4.80. The van der Waals surface area contributed by atoms with E-state index in [1.165, 1.54) is 11.3 Å². The molecule has 78 valence electrons. The topological polar surface area (TPSA) is 59.4 Å². The smallest absolute Gasteiger partial charge is 0.357 e. The average Bonchev–Trinajstić information content (AvgIpc) is 2.63. The number of hydrogen-bond donors (Lipinski definition) is 1. The van der Waals surface area contributed by atoms with Crippen molar-refractivity contribution in [2.24, 2.45) is 0 Å². The van der Waals surface area contributed by atoms with E-state index in [9.17, 15) is 4.79 Å². The minimum Gasteiger partial charge on any atom is -0.461 e. The molecule has 0 fully saturated rings. The molecule has 14 heavy (non-hydrogen) atoms. The molecule has 0 aromatic carbocycles. The molecule has 1 rings (SSSR count). The maximum Gasteiger partial charge on any atom is 0.357 e. The lowest BCUT2D eigenvalue weighted by Crippen LogP contribution is -2.05. The molecule has 1 aromatic heterocycles. The molecule has 0 aliphatic heterocycles. The molecule has 0 spiro atoms. The van der Waals surface area contributed by atoms with Gasteiger partial charge in [-0.3, -0.25) is 0 Å². The van der Waals surface area contributed by atoms with Gasteiger partial charge in [0.15, 0.2) is 5.69 Å². The number of aromatic nitrogens is 1. The van der Waals surface area contributed by atoms with Crippen LogP contribution in [0.3, 0.4) is 0 Å². The summed E-state index contributed by atoms with van der Waals surface area (Å²) in [5, 5.41) is 11.2. The van der Waals surface area contributed by atoms with Crippen LogP contribution >= 0.6 is 11.3 Å². The highest BCUT2D eigenvalue weighted by Crippen LogP contribution is 2.12. The van der Waals surface area contributed by atoms with Gasteiger partial charge in [0.2, 0.25) is 0 Å². The lowest BCUT2D eigenvalue weighted by atomic mass is 10.3. The SMILES string of the molecule is CCOC(=O)c1csc(CCCO)n1. The van der Waals surface area contributed by atoms with E-state index in [1.54, 1.807) is 12.3 Å². The standard InChI is InChI=1S/C9H13NO3S/c1-2-13-9(12)7-6-14-8(10-7)4-3-5-11/h6,11H,2-5H2,1H3. The van der Waals surface area contributed by atoms with Crippen LogP contribution in [0, 0.1) is 0 Å². The Balaban J connectivity index is 2.54. The predicted octanol–water partition coefficient (Wildman–Crippen LogP) is 1.24. The molecule has 0 saturated heterocycles. The Hall–Kier alpha value is -0.940. The molecule has 0 unspecified atom stereocenters. The number of aliphatic hydroxyl groups is 1. The average molecular weight is 215 g/mol. The van der Waals surface area contributed by atoms with Crippen molar-refractivity contribution in [3.05, 3.63) is 16.1 Å². The van der Waals surface area contributed by atoms with Gasteiger partial charge in [-0.1, -0.05) is 0 Å². The number of aliphatic hydroxyl groups excluding tert-OH is 1. The summed E-state index contributed by atoms with van der Waals surface area (Å²) in [7, 11) is 0. The Bertz CT molecular complexity index is 298. The first kappa shape index (κ1) is 11.1. The molecular weight excluding hydrogens is 202 g/mol. The molecule has 1 N–H and O–H groups in total. The van der Waals surface area contributed by atoms with Crippen molar-refractivity contribution in [2.45, 2.75) is 19.8 Å². The molecule has 0 bridgehead atoms. The van der Waals surface area contributed by atoms with Gasteiger partial charge >= 0.3 is 5.97 Å². The van der Waals surface area contributed by atoms with E-state index in [1.807, 2.05) is 0 Å². The minimum atomic E-state index is -0.376. The van der Waals surface area contributed by atoms with Gasteiger partial charge in [-0.05, 0) is 13.3 Å². The number of aryl methyl sites for hydroxylation is 1. The van der Waals surface area contributed by atoms with E-state index in [2.05, 4.69) is 4.98 Å². The molecule has 0 amide bonds. The zero-order valence-electron chi connectivity index (χ0n) is 8.02. The van der Waals surface area contributed by atoms with E-state index in [-0.39, 0.29) is 12.6 Å². The highest BCUT2D eigenvalue weighted by Gasteiger charge is 2.10. The van der Waals surface area contributed by atoms with Crippen LogP contribution in [0.5, 0.6) is 0 Å². The highest BCUT2D eigenvalue weighted by molar-refractivity contribution is 7.09. The summed E-state index contributed by atoms with van der Waals surface area (Å²) >= 11 is 1.42. The van der Waals surface area contributed by atoms with E-state index >= 15 is 0 Å². The molecule has 0 aliphatic carbocycles. The maximum atomic E-state index is 11.2. The third-order valence-electron chi connectivity index (χ3n) is 1.59. The first-order valence-electron chi connectivity index (χ1n) is 4.50. The Morgan fingerprint density at radius 2 is 2.50 bits per heavy atom. The van der Waals surface area contributed by atoms with Crippen LogP contribution in [0.2, 0.25) is 0 Å². The molecule has 0 atom stereocenters. The highest BCUT2D eigenvalue weighted by atomic mass is 32.1. The van der Waals surface area contributed by atoms with Gasteiger partial charge in [0.25, 0.3) is 0 Å². The third-order valence-corrected chi connectivity index (χ3v) is 2.49. The number of hydrogen-bond acceptors (Lipinski definition) is 5. The van der Waals surface area contributed by atoms with Crippen molar-refractivity contribution >= 4 is 17.3 Å². The minimum absolute atomic E-state index is 0.147. The lowest BCUT2D eigenvalue weighted by Gasteiger charge is -1.96. The molecule has 4 nitrogen and oxygen atoms in total. The number of carbonyl (C=O) groups excluding carboxylic acids is 1. The molecule has 0 radical (unpaired) electrons. The van der Waals surface area contributed by atoms with Crippen molar-refractivity contribution in [1.29, 1.82) is 0 Å². The Kier molecular flexibility index (Phi) is 4.55. The summed E-state index contributed by atoms with van der Waals surface area (Å²) in [4.78, 5) is 15.3. The normalized spacial score (nSPS) is 10.1. The van der Waals surface area contributed by atoms with Crippen molar-refractivity contribution in [1.82, 2.24) is 4.98 Å². The zero-order valence-corrected chi connectivity index (χ0v) is 8.84. The van der Waals surface area contributed by atoms with Crippen LogP contribution in [-0.4, -0.2) is 29.3 Å². The van der Waals surface area contributed by atoms with Crippen LogP contribution in [0.4, 0.5) is 0 Å². The van der Waals surface area contributed by atoms with Gasteiger partial charge in [-0.2, -0.15) is 0 Å². The fraction of sp³-hybridized carbons (Fsp3) is 0.556. The van der Waals surface area contributed by atoms with Crippen molar-refractivity contribution in [3.63, 3.8) is 0 Å². The van der Waals surface area contributed by atoms with Crippen LogP contribution < -0.4 is 0 Å². The monoisotopic (exact) mass is 215 g/mol. The Morgan fingerprint density at radius 1 is 1.71 bits per heavy atom. The summed E-state index contributed by atoms with van der Waals surface area (Å²) in [6, 6.07) is 0. The molecule has 1 heterocycles. The second kappa shape index (κ2) is 5.72. The molecule has 0 aliphatic rings. The summed E-state index contributed by atoms with van der Waals surface area (Å²) in [6.45, 7) is 2.27. The van der Waals surface area contributed by atoms with Crippen LogP contribution in [0.1, 0.15) is 28.8 Å². The van der Waals surface area contributed by atoms with Crippen molar-refractivity contribution in [3.8, 4) is 0 Å². The maximum absolute atomic E-state index is 11.2. The summed E-state index contributed by atoms with van der Waals surface area (Å²) in [5.41, 5.74) is 0.366. The fourth-order valence-corrected chi connectivity index (χ4v) is 1.76. The van der Waals surface area contributed by atoms with Crippen LogP contribution in [0.15, 0.2) is 5.38 Å². The van der Waals surface area contributed by atoms with E-state index in [0.29, 0.717) is 25.1 Å². The summed E-state index contributed by atoms with van der Waals surface area (Å²) in [6.07, 6.45) is 1.39. The first-order chi connectivity index (χ1) is 6.77. The quantitative estimate of drug-likeness (QED) is 0.751. The van der Waals surface area contributed by atoms with Crippen molar-refractivity contribution in [2.75, 3.05) is 13.2 Å². The van der Waals surface area contributed by atoms with Gasteiger partial charge in [0.05, 0.1) is 11.6 Å². The number of nitrogens with zero attached hydrogens (tertiary/aromatic N) is 1. The fourth-order valence-electron chi connectivity index (χ4n) is 0.955. The van der Waals surface area contributed by atoms with Crippen LogP contribution in [0.25, 0.3) is 0 Å². The van der Waals surface area contributed by atoms with Gasteiger partial charge in [-0.25, -0.2) is 9.78 Å². The number of esters is 1. The van der Waals surface area contributed by atoms with Gasteiger partial charge < -0.3 is 9.84 Å². The van der Waals surface area contributed by atoms with Crippen molar-refractivity contribution < 1.29 is 14.6 Å². The molecule has 1 aromatic rings. The second-order valence-corrected chi connectivity index (χ2v) is 3.62. The Labute approximate surface area is 86.6 Å². The number of thiazole rings is 1.